The van der Waals surface area contributed by atoms with Crippen LogP contribution in [0.4, 0.5) is 17.6 Å². The molecule has 4 rings (SSSR count). The average molecular weight is 573 g/mol. The number of benzene rings is 1. The fraction of sp³-hybridized carbons (Fsp3) is 0.182. The molecule has 4 aromatic rings. The van der Waals surface area contributed by atoms with Gasteiger partial charge in [-0.1, -0.05) is 31.2 Å². The molecule has 5 N–H and O–H groups in total. The molecule has 1 aromatic carbocycles. The average Bonchev–Trinajstić information content (AvgIpc) is 3.38. The number of nitrogens with one attached hydrogen (secondary N) is 2. The Morgan fingerprint density at radius 3 is 2.59 bits per heavy atom. The van der Waals surface area contributed by atoms with Crippen LogP contribution in [-0.4, -0.2) is 46.2 Å². The summed E-state index contributed by atoms with van der Waals surface area (Å²) >= 11 is -1.27. The van der Waals surface area contributed by atoms with Crippen molar-refractivity contribution in [2.75, 3.05) is 29.5 Å². The van der Waals surface area contributed by atoms with Crippen molar-refractivity contribution in [2.45, 2.75) is 13.3 Å². The van der Waals surface area contributed by atoms with Gasteiger partial charge in [-0.25, -0.2) is 4.98 Å². The third-order valence-electron chi connectivity index (χ3n) is 4.94. The van der Waals surface area contributed by atoms with Crippen LogP contribution >= 0.6 is 0 Å². The Morgan fingerprint density at radius 2 is 1.91 bits per heavy atom. The number of halogens is 1. The third kappa shape index (κ3) is 5.96. The van der Waals surface area contributed by atoms with Crippen molar-refractivity contribution in [3.8, 4) is 16.9 Å². The summed E-state index contributed by atoms with van der Waals surface area (Å²) in [7, 11) is 0. The van der Waals surface area contributed by atoms with E-state index in [-0.39, 0.29) is 9.26 Å². The zero-order valence-electron chi connectivity index (χ0n) is 18.4. The van der Waals surface area contributed by atoms with Crippen LogP contribution in [0.5, 0.6) is 0 Å². The summed E-state index contributed by atoms with van der Waals surface area (Å²) in [5.41, 5.74) is 9.76. The number of rotatable bonds is 10. The number of nitrogens with zero attached hydrogens (tertiary/aromatic N) is 6. The van der Waals surface area contributed by atoms with E-state index in [0.717, 1.165) is 23.4 Å². The van der Waals surface area contributed by atoms with E-state index in [2.05, 4.69) is 56.8 Å². The molecule has 0 amide bonds. The quantitative estimate of drug-likeness (QED) is 0.0866. The van der Waals surface area contributed by atoms with Crippen LogP contribution < -0.4 is 37.8 Å². The van der Waals surface area contributed by atoms with Crippen molar-refractivity contribution in [3.63, 3.8) is 0 Å². The van der Waals surface area contributed by atoms with Crippen molar-refractivity contribution in [2.24, 2.45) is 0 Å². The minimum Gasteiger partial charge on any atom is -0.303 e. The van der Waals surface area contributed by atoms with Gasteiger partial charge in [-0.3, -0.25) is 0 Å². The van der Waals surface area contributed by atoms with E-state index in [0.29, 0.717) is 28.4 Å². The molecule has 0 bridgehead atoms. The number of anilines is 3. The molecular weight excluding hydrogens is 549 g/mol. The number of aromatic nitrogens is 5. The molecule has 0 fully saturated rings. The van der Waals surface area contributed by atoms with Crippen LogP contribution in [0.1, 0.15) is 12.5 Å². The van der Waals surface area contributed by atoms with Crippen LogP contribution in [0, 0.1) is 8.78 Å². The van der Waals surface area contributed by atoms with Gasteiger partial charge in [0.1, 0.15) is 0 Å². The molecule has 178 valence electrons. The zero-order valence-corrected chi connectivity index (χ0v) is 20.5. The summed E-state index contributed by atoms with van der Waals surface area (Å²) in [5.74, 6) is 1.32. The molecule has 0 unspecified atom stereocenters. The molecule has 3 heterocycles. The van der Waals surface area contributed by atoms with Crippen molar-refractivity contribution in [3.05, 3.63) is 75.7 Å². The van der Waals surface area contributed by atoms with Gasteiger partial charge >= 0.3 is 136 Å². The molecule has 0 aliphatic heterocycles. The zero-order chi connectivity index (χ0) is 23.9. The minimum absolute atomic E-state index is 0.0756. The molecule has 0 atom stereocenters. The van der Waals surface area contributed by atoms with E-state index in [1.54, 1.807) is 30.9 Å². The second-order valence-electron chi connectivity index (χ2n) is 7.18. The maximum atomic E-state index is 10.8. The van der Waals surface area contributed by atoms with E-state index >= 15 is 0 Å². The Morgan fingerprint density at radius 1 is 1.12 bits per heavy atom. The number of imidazole rings is 1. The predicted molar refractivity (Wildman–Crippen MR) is 125 cm³/mol. The topological polar surface area (TPSA) is 153 Å². The van der Waals surface area contributed by atoms with E-state index in [1.165, 1.54) is 5.56 Å². The fourth-order valence-electron chi connectivity index (χ4n) is 3.23. The van der Waals surface area contributed by atoms with Crippen LogP contribution in [0.25, 0.3) is 16.9 Å². The number of aryl methyl sites for hydroxylation is 1. The van der Waals surface area contributed by atoms with Crippen LogP contribution in [0.3, 0.4) is 0 Å². The first-order chi connectivity index (χ1) is 16.5. The first-order valence-electron chi connectivity index (χ1n) is 10.5. The summed E-state index contributed by atoms with van der Waals surface area (Å²) in [4.78, 5) is 17.6. The maximum absolute atomic E-state index is 10.8. The number of nitrogens with two attached hydrogens (primary N) is 1. The van der Waals surface area contributed by atoms with E-state index < -0.39 is 21.5 Å². The molecule has 12 heteroatoms. The molecular formula is C22H24IN9O2-2. The summed E-state index contributed by atoms with van der Waals surface area (Å²) in [6, 6.07) is 11.8. The molecule has 0 spiro atoms. The van der Waals surface area contributed by atoms with Crippen molar-refractivity contribution >= 4 is 17.6 Å². The second-order valence-corrected chi connectivity index (χ2v) is 9.65. The summed E-state index contributed by atoms with van der Waals surface area (Å²) in [6.07, 6.45) is 8.05. The molecule has 0 aliphatic carbocycles. The first kappa shape index (κ1) is 23.8. The molecule has 11 nitrogen and oxygen atoms in total. The van der Waals surface area contributed by atoms with Gasteiger partial charge in [0.15, 0.2) is 0 Å². The van der Waals surface area contributed by atoms with Crippen molar-refractivity contribution < 1.29 is 26.7 Å². The van der Waals surface area contributed by atoms with Gasteiger partial charge in [-0.2, -0.15) is 0 Å². The molecule has 3 aromatic heterocycles. The Hall–Kier alpha value is -3.33. The van der Waals surface area contributed by atoms with Gasteiger partial charge < -0.3 is 4.57 Å². The summed E-state index contributed by atoms with van der Waals surface area (Å²) in [6.45, 7) is 3.21. The van der Waals surface area contributed by atoms with E-state index in [9.17, 15) is 5.21 Å². The Labute approximate surface area is 207 Å². The van der Waals surface area contributed by atoms with Gasteiger partial charge in [-0.15, -0.1) is 0 Å². The monoisotopic (exact) mass is 573 g/mol. The molecule has 0 saturated heterocycles. The fourth-order valence-corrected chi connectivity index (χ4v) is 4.39. The van der Waals surface area contributed by atoms with Crippen LogP contribution in [0.15, 0.2) is 61.3 Å². The minimum atomic E-state index is -1.27. The SMILES string of the molecule is CCc1ccc(-c2nc(NCCNc3ccc([I-]N([O-])O)c(N)n3)ncc2-n2ccnc2)cc1. The standard InChI is InChI=1S/C22H24IN9O2/c1-2-15-3-5-16(6-4-15)20-18(31-12-11-25-14-31)13-28-22(30-20)27-10-9-26-19-8-7-17(21(24)29-19)23-32(33)34/h3-8,11-14,33H,2,9-10H2,1H3,(H3,24,26,29)(H,27,28,30)/q-2. The van der Waals surface area contributed by atoms with Crippen molar-refractivity contribution in [1.82, 2.24) is 27.9 Å². The van der Waals surface area contributed by atoms with Gasteiger partial charge in [0, 0.05) is 12.4 Å². The Balaban J connectivity index is 1.44. The summed E-state index contributed by atoms with van der Waals surface area (Å²) < 4.78 is 2.37. The predicted octanol–water partition coefficient (Wildman–Crippen LogP) is -0.244. The number of hydrogen-bond acceptors (Lipinski definition) is 10. The van der Waals surface area contributed by atoms with Gasteiger partial charge in [0.2, 0.25) is 0 Å². The van der Waals surface area contributed by atoms with Crippen LogP contribution in [0.2, 0.25) is 0 Å². The molecule has 0 radical (unpaired) electrons. The Bertz CT molecular complexity index is 1220. The van der Waals surface area contributed by atoms with E-state index in [4.69, 9.17) is 15.9 Å². The van der Waals surface area contributed by atoms with Gasteiger partial charge in [-0.05, 0) is 12.0 Å². The van der Waals surface area contributed by atoms with Crippen molar-refractivity contribution in [1.29, 1.82) is 0 Å². The summed E-state index contributed by atoms with van der Waals surface area (Å²) in [5, 5.41) is 26.1. The number of pyridine rings is 1. The smallest absolute Gasteiger partial charge is 0.303 e. The first-order valence-corrected chi connectivity index (χ1v) is 12.6. The van der Waals surface area contributed by atoms with Gasteiger partial charge in [0.05, 0.1) is 6.33 Å². The Kier molecular flexibility index (Phi) is 7.84. The number of hydrogen-bond donors (Lipinski definition) is 4. The normalized spacial score (nSPS) is 11.2. The number of nitrogen functional groups attached to an aromatic ring is 1. The molecule has 34 heavy (non-hydrogen) atoms. The van der Waals surface area contributed by atoms with Crippen LogP contribution in [-0.2, 0) is 6.42 Å². The van der Waals surface area contributed by atoms with E-state index in [1.807, 2.05) is 10.8 Å². The van der Waals surface area contributed by atoms with Gasteiger partial charge in [0.25, 0.3) is 0 Å². The molecule has 0 saturated carbocycles. The second kappa shape index (κ2) is 11.2. The molecule has 0 aliphatic rings. The third-order valence-corrected chi connectivity index (χ3v) is 6.78.